The zero-order valence-electron chi connectivity index (χ0n) is 10.9. The van der Waals surface area contributed by atoms with Gasteiger partial charge in [-0.3, -0.25) is 4.79 Å². The van der Waals surface area contributed by atoms with E-state index >= 15 is 0 Å². The van der Waals surface area contributed by atoms with Crippen LogP contribution < -0.4 is 11.1 Å². The van der Waals surface area contributed by atoms with Gasteiger partial charge in [0, 0.05) is 12.2 Å². The molecule has 0 aliphatic heterocycles. The summed E-state index contributed by atoms with van der Waals surface area (Å²) in [4.78, 5) is 12.1. The first-order chi connectivity index (χ1) is 9.15. The van der Waals surface area contributed by atoms with Crippen molar-refractivity contribution in [2.75, 3.05) is 12.3 Å². The molecule has 0 spiro atoms. The van der Waals surface area contributed by atoms with Crippen LogP contribution in [0.4, 0.5) is 5.69 Å². The van der Waals surface area contributed by atoms with E-state index in [1.54, 1.807) is 18.2 Å². The second-order valence-corrected chi connectivity index (χ2v) is 6.20. The van der Waals surface area contributed by atoms with E-state index in [-0.39, 0.29) is 5.91 Å². The smallest absolute Gasteiger partial charge is 0.252 e. The number of nitrogens with two attached hydrogens (primary N) is 1. The first kappa shape index (κ1) is 12.8. The molecule has 2 saturated carbocycles. The number of hydrogen-bond donors (Lipinski definition) is 2. The molecule has 3 nitrogen and oxygen atoms in total. The van der Waals surface area contributed by atoms with Crippen LogP contribution in [0, 0.1) is 17.8 Å². The second kappa shape index (κ2) is 5.04. The van der Waals surface area contributed by atoms with E-state index in [1.165, 1.54) is 25.7 Å². The average Bonchev–Trinajstić information content (AvgIpc) is 3.23. The minimum atomic E-state index is -0.0868. The fourth-order valence-corrected chi connectivity index (χ4v) is 3.06. The molecule has 1 aromatic carbocycles. The number of benzene rings is 1. The molecule has 2 aliphatic rings. The molecular formula is C15H19ClN2O. The minimum Gasteiger partial charge on any atom is -0.399 e. The van der Waals surface area contributed by atoms with Gasteiger partial charge in [-0.05, 0) is 61.6 Å². The summed E-state index contributed by atoms with van der Waals surface area (Å²) < 4.78 is 0. The maximum absolute atomic E-state index is 12.1. The van der Waals surface area contributed by atoms with Crippen molar-refractivity contribution in [1.82, 2.24) is 5.32 Å². The zero-order valence-corrected chi connectivity index (χ0v) is 11.6. The molecule has 4 heteroatoms. The van der Waals surface area contributed by atoms with Gasteiger partial charge in [0.15, 0.2) is 0 Å². The van der Waals surface area contributed by atoms with Crippen LogP contribution in [0.3, 0.4) is 0 Å². The Balaban J connectivity index is 1.61. The molecule has 2 fully saturated rings. The van der Waals surface area contributed by atoms with Crippen molar-refractivity contribution >= 4 is 23.2 Å². The van der Waals surface area contributed by atoms with E-state index in [2.05, 4.69) is 5.32 Å². The molecular weight excluding hydrogens is 260 g/mol. The first-order valence-corrected chi connectivity index (χ1v) is 7.36. The lowest BCUT2D eigenvalue weighted by atomic mass is 9.98. The highest BCUT2D eigenvalue weighted by Gasteiger charge is 2.41. The molecule has 3 N–H and O–H groups in total. The quantitative estimate of drug-likeness (QED) is 0.813. The molecule has 19 heavy (non-hydrogen) atoms. The van der Waals surface area contributed by atoms with Gasteiger partial charge < -0.3 is 11.1 Å². The van der Waals surface area contributed by atoms with Gasteiger partial charge in [-0.25, -0.2) is 0 Å². The third-order valence-corrected chi connectivity index (χ3v) is 4.50. The number of amides is 1. The topological polar surface area (TPSA) is 55.1 Å². The third-order valence-electron chi connectivity index (χ3n) is 4.19. The summed E-state index contributed by atoms with van der Waals surface area (Å²) in [7, 11) is 0. The van der Waals surface area contributed by atoms with Crippen molar-refractivity contribution in [3.05, 3.63) is 28.8 Å². The molecule has 0 bridgehead atoms. The van der Waals surface area contributed by atoms with Crippen molar-refractivity contribution in [1.29, 1.82) is 0 Å². The molecule has 0 saturated heterocycles. The third kappa shape index (κ3) is 3.03. The summed E-state index contributed by atoms with van der Waals surface area (Å²) in [6, 6.07) is 5.02. The Bertz CT molecular complexity index is 483. The predicted octanol–water partition coefficient (Wildman–Crippen LogP) is 3.09. The molecule has 3 rings (SSSR count). The minimum absolute atomic E-state index is 0.0868. The van der Waals surface area contributed by atoms with Gasteiger partial charge in [0.25, 0.3) is 5.91 Å². The average molecular weight is 279 g/mol. The normalized spacial score (nSPS) is 18.6. The number of nitrogens with one attached hydrogen (secondary N) is 1. The largest absolute Gasteiger partial charge is 0.399 e. The molecule has 0 heterocycles. The van der Waals surface area contributed by atoms with E-state index < -0.39 is 0 Å². The lowest BCUT2D eigenvalue weighted by Gasteiger charge is -2.16. The molecule has 2 aliphatic carbocycles. The Kier molecular flexibility index (Phi) is 3.40. The lowest BCUT2D eigenvalue weighted by Crippen LogP contribution is -2.31. The fourth-order valence-electron chi connectivity index (χ4n) is 2.79. The van der Waals surface area contributed by atoms with Crippen LogP contribution in [0.2, 0.25) is 5.02 Å². The number of halogens is 1. The van der Waals surface area contributed by atoms with Crippen LogP contribution in [0.25, 0.3) is 0 Å². The van der Waals surface area contributed by atoms with Gasteiger partial charge in [0.2, 0.25) is 0 Å². The van der Waals surface area contributed by atoms with Crippen molar-refractivity contribution in [3.8, 4) is 0 Å². The lowest BCUT2D eigenvalue weighted by molar-refractivity contribution is 0.0943. The summed E-state index contributed by atoms with van der Waals surface area (Å²) in [6.45, 7) is 0.787. The maximum atomic E-state index is 12.1. The predicted molar refractivity (Wildman–Crippen MR) is 77.1 cm³/mol. The highest BCUT2D eigenvalue weighted by Crippen LogP contribution is 2.48. The molecule has 1 amide bonds. The van der Waals surface area contributed by atoms with E-state index in [1.807, 2.05) is 0 Å². The van der Waals surface area contributed by atoms with E-state index in [4.69, 9.17) is 17.3 Å². The fraction of sp³-hybridized carbons (Fsp3) is 0.533. The van der Waals surface area contributed by atoms with Crippen LogP contribution in [0.1, 0.15) is 36.0 Å². The van der Waals surface area contributed by atoms with Crippen LogP contribution in [-0.4, -0.2) is 12.5 Å². The standard InChI is InChI=1S/C15H19ClN2O/c16-14-7-11(17)5-6-12(14)15(19)18-8-13(9-1-2-9)10-3-4-10/h5-7,9-10,13H,1-4,8,17H2,(H,18,19). The van der Waals surface area contributed by atoms with Crippen LogP contribution >= 0.6 is 11.6 Å². The number of anilines is 1. The van der Waals surface area contributed by atoms with Gasteiger partial charge >= 0.3 is 0 Å². The summed E-state index contributed by atoms with van der Waals surface area (Å²) >= 11 is 6.05. The van der Waals surface area contributed by atoms with Crippen LogP contribution in [0.15, 0.2) is 18.2 Å². The van der Waals surface area contributed by atoms with E-state index in [9.17, 15) is 4.79 Å². The molecule has 0 radical (unpaired) electrons. The molecule has 1 aromatic rings. The van der Waals surface area contributed by atoms with Crippen molar-refractivity contribution in [2.24, 2.45) is 17.8 Å². The Morgan fingerprint density at radius 2 is 1.95 bits per heavy atom. The monoisotopic (exact) mass is 278 g/mol. The second-order valence-electron chi connectivity index (χ2n) is 5.79. The summed E-state index contributed by atoms with van der Waals surface area (Å²) in [5.74, 6) is 2.28. The van der Waals surface area contributed by atoms with Crippen molar-refractivity contribution in [2.45, 2.75) is 25.7 Å². The highest BCUT2D eigenvalue weighted by molar-refractivity contribution is 6.34. The maximum Gasteiger partial charge on any atom is 0.252 e. The number of hydrogen-bond acceptors (Lipinski definition) is 2. The van der Waals surface area contributed by atoms with E-state index in [0.717, 1.165) is 18.4 Å². The van der Waals surface area contributed by atoms with E-state index in [0.29, 0.717) is 22.2 Å². The zero-order chi connectivity index (χ0) is 13.4. The van der Waals surface area contributed by atoms with Gasteiger partial charge in [-0.15, -0.1) is 0 Å². The molecule has 0 unspecified atom stereocenters. The van der Waals surface area contributed by atoms with Crippen LogP contribution in [-0.2, 0) is 0 Å². The SMILES string of the molecule is Nc1ccc(C(=O)NCC(C2CC2)C2CC2)c(Cl)c1. The molecule has 0 aromatic heterocycles. The van der Waals surface area contributed by atoms with Crippen LogP contribution in [0.5, 0.6) is 0 Å². The number of carbonyl (C=O) groups is 1. The Morgan fingerprint density at radius 1 is 1.32 bits per heavy atom. The first-order valence-electron chi connectivity index (χ1n) is 6.98. The highest BCUT2D eigenvalue weighted by atomic mass is 35.5. The number of rotatable bonds is 5. The Labute approximate surface area is 118 Å². The molecule has 0 atom stereocenters. The summed E-state index contributed by atoms with van der Waals surface area (Å²) in [5.41, 5.74) is 6.72. The number of carbonyl (C=O) groups excluding carboxylic acids is 1. The summed E-state index contributed by atoms with van der Waals surface area (Å²) in [5, 5.41) is 3.46. The van der Waals surface area contributed by atoms with Gasteiger partial charge in [-0.1, -0.05) is 11.6 Å². The van der Waals surface area contributed by atoms with Gasteiger partial charge in [0.1, 0.15) is 0 Å². The van der Waals surface area contributed by atoms with Crippen molar-refractivity contribution < 1.29 is 4.79 Å². The Hall–Kier alpha value is -1.22. The van der Waals surface area contributed by atoms with Crippen molar-refractivity contribution in [3.63, 3.8) is 0 Å². The van der Waals surface area contributed by atoms with Gasteiger partial charge in [0.05, 0.1) is 10.6 Å². The number of nitrogen functional groups attached to an aromatic ring is 1. The Morgan fingerprint density at radius 3 is 2.47 bits per heavy atom. The molecule has 102 valence electrons. The van der Waals surface area contributed by atoms with Gasteiger partial charge in [-0.2, -0.15) is 0 Å². The summed E-state index contributed by atoms with van der Waals surface area (Å²) in [6.07, 6.45) is 5.33.